The summed E-state index contributed by atoms with van der Waals surface area (Å²) >= 11 is 0. The topological polar surface area (TPSA) is 95.9 Å². The van der Waals surface area contributed by atoms with E-state index in [1.54, 1.807) is 0 Å². The van der Waals surface area contributed by atoms with Gasteiger partial charge in [-0.2, -0.15) is 0 Å². The molecule has 0 fully saturated rings. The summed E-state index contributed by atoms with van der Waals surface area (Å²) in [6.45, 7) is 6.45. The molecule has 0 rings (SSSR count). The van der Waals surface area contributed by atoms with Gasteiger partial charge in [-0.15, -0.1) is 0 Å². The monoisotopic (exact) mass is 884 g/mol. The zero-order chi connectivity index (χ0) is 45.9. The number of aliphatic hydroxyl groups is 2. The lowest BCUT2D eigenvalue weighted by Crippen LogP contribution is -2.46. The molecule has 0 saturated carbocycles. The van der Waals surface area contributed by atoms with Crippen LogP contribution in [0.5, 0.6) is 0 Å². The molecule has 0 aliphatic rings. The summed E-state index contributed by atoms with van der Waals surface area (Å²) in [5, 5.41) is 23.8. The van der Waals surface area contributed by atoms with Crippen molar-refractivity contribution >= 4 is 11.9 Å². The van der Waals surface area contributed by atoms with E-state index in [-0.39, 0.29) is 24.9 Å². The second-order valence-electron chi connectivity index (χ2n) is 18.7. The average Bonchev–Trinajstić information content (AvgIpc) is 3.28. The van der Waals surface area contributed by atoms with E-state index >= 15 is 0 Å². The Labute approximate surface area is 391 Å². The highest BCUT2D eigenvalue weighted by Crippen LogP contribution is 2.18. The van der Waals surface area contributed by atoms with Crippen molar-refractivity contribution in [1.82, 2.24) is 5.32 Å². The van der Waals surface area contributed by atoms with Gasteiger partial charge in [0.05, 0.1) is 25.2 Å². The zero-order valence-electron chi connectivity index (χ0n) is 42.0. The summed E-state index contributed by atoms with van der Waals surface area (Å²) in [5.74, 6) is -0.506. The Morgan fingerprint density at radius 3 is 1.22 bits per heavy atom. The van der Waals surface area contributed by atoms with Gasteiger partial charge in [0.15, 0.2) is 0 Å². The molecule has 0 saturated heterocycles. The lowest BCUT2D eigenvalue weighted by molar-refractivity contribution is -0.151. The molecule has 0 aromatic rings. The van der Waals surface area contributed by atoms with E-state index in [1.807, 2.05) is 0 Å². The summed E-state index contributed by atoms with van der Waals surface area (Å²) in [7, 11) is 0. The van der Waals surface area contributed by atoms with Crippen molar-refractivity contribution in [2.45, 2.75) is 296 Å². The fourth-order valence-electron chi connectivity index (χ4n) is 8.24. The number of esters is 1. The SMILES string of the molecule is CCCCC/C=C/C=C/CCCCCCCCC(=O)OC(CCCCC/C=C/C=C/CCCCCCCCC)CC(=O)NC(CO)C(O)CCCCCCCCCCCCCCC. The van der Waals surface area contributed by atoms with Crippen LogP contribution < -0.4 is 5.32 Å². The number of hydrogen-bond donors (Lipinski definition) is 3. The maximum atomic E-state index is 13.2. The lowest BCUT2D eigenvalue weighted by Gasteiger charge is -2.24. The number of rotatable bonds is 49. The Bertz CT molecular complexity index is 1080. The van der Waals surface area contributed by atoms with E-state index in [9.17, 15) is 19.8 Å². The molecular formula is C57H105NO5. The first-order valence-corrected chi connectivity index (χ1v) is 27.4. The minimum absolute atomic E-state index is 0.0558. The van der Waals surface area contributed by atoms with Crippen LogP contribution in [0.25, 0.3) is 0 Å². The Hall–Kier alpha value is -2.18. The van der Waals surface area contributed by atoms with Gasteiger partial charge in [0.25, 0.3) is 0 Å². The second kappa shape index (κ2) is 50.8. The minimum Gasteiger partial charge on any atom is -0.462 e. The Balaban J connectivity index is 4.64. The molecule has 0 aliphatic heterocycles. The summed E-state index contributed by atoms with van der Waals surface area (Å²) in [6, 6.07) is -0.712. The number of carbonyl (C=O) groups is 2. The summed E-state index contributed by atoms with van der Waals surface area (Å²) in [5.41, 5.74) is 0. The summed E-state index contributed by atoms with van der Waals surface area (Å²) < 4.78 is 5.93. The van der Waals surface area contributed by atoms with Crippen molar-refractivity contribution in [3.05, 3.63) is 48.6 Å². The summed E-state index contributed by atoms with van der Waals surface area (Å²) in [6.07, 6.45) is 61.7. The molecule has 0 radical (unpaired) electrons. The van der Waals surface area contributed by atoms with Crippen LogP contribution in [0.15, 0.2) is 48.6 Å². The first kappa shape index (κ1) is 60.8. The molecule has 6 heteroatoms. The Kier molecular flexibility index (Phi) is 49.1. The quantitative estimate of drug-likeness (QED) is 0.0321. The highest BCUT2D eigenvalue weighted by molar-refractivity contribution is 5.77. The number of hydrogen-bond acceptors (Lipinski definition) is 5. The van der Waals surface area contributed by atoms with E-state index in [2.05, 4.69) is 74.7 Å². The smallest absolute Gasteiger partial charge is 0.306 e. The largest absolute Gasteiger partial charge is 0.462 e. The lowest BCUT2D eigenvalue weighted by atomic mass is 10.0. The first-order valence-electron chi connectivity index (χ1n) is 27.4. The number of amides is 1. The van der Waals surface area contributed by atoms with Crippen LogP contribution in [0, 0.1) is 0 Å². The van der Waals surface area contributed by atoms with Crippen molar-refractivity contribution in [3.8, 4) is 0 Å². The van der Waals surface area contributed by atoms with Gasteiger partial charge in [-0.1, -0.05) is 236 Å². The predicted molar refractivity (Wildman–Crippen MR) is 273 cm³/mol. The van der Waals surface area contributed by atoms with Crippen LogP contribution >= 0.6 is 0 Å². The number of nitrogens with one attached hydrogen (secondary N) is 1. The molecule has 6 nitrogen and oxygen atoms in total. The first-order chi connectivity index (χ1) is 31.0. The molecule has 3 N–H and O–H groups in total. The fourth-order valence-corrected chi connectivity index (χ4v) is 8.24. The van der Waals surface area contributed by atoms with E-state index < -0.39 is 18.2 Å². The number of unbranched alkanes of at least 4 members (excludes halogenated alkanes) is 31. The van der Waals surface area contributed by atoms with Crippen molar-refractivity contribution < 1.29 is 24.5 Å². The van der Waals surface area contributed by atoms with Gasteiger partial charge in [0.1, 0.15) is 6.10 Å². The van der Waals surface area contributed by atoms with Crippen molar-refractivity contribution in [1.29, 1.82) is 0 Å². The highest BCUT2D eigenvalue weighted by Gasteiger charge is 2.24. The molecule has 0 heterocycles. The number of carbonyl (C=O) groups excluding carboxylic acids is 2. The predicted octanol–water partition coefficient (Wildman–Crippen LogP) is 16.6. The third-order valence-electron chi connectivity index (χ3n) is 12.4. The molecule has 0 aliphatic carbocycles. The van der Waals surface area contributed by atoms with Gasteiger partial charge in [-0.3, -0.25) is 9.59 Å². The van der Waals surface area contributed by atoms with Crippen molar-refractivity contribution in [2.75, 3.05) is 6.61 Å². The van der Waals surface area contributed by atoms with E-state index in [1.165, 1.54) is 154 Å². The normalized spacial score (nSPS) is 13.5. The molecular weight excluding hydrogens is 779 g/mol. The third kappa shape index (κ3) is 46.2. The van der Waals surface area contributed by atoms with Crippen molar-refractivity contribution in [3.63, 3.8) is 0 Å². The standard InChI is InChI=1S/C57H105NO5/c1-4-7-10-13-16-19-22-25-27-29-31-33-36-39-42-45-48-53(63-57(62)50-47-44-41-38-35-32-28-26-23-20-17-14-11-8-5-2)51-56(61)58-54(52-59)55(60)49-46-43-40-37-34-30-24-21-18-15-12-9-6-3/h17,20,23,26-27,29,31,33,53-55,59-60H,4-16,18-19,21-22,24-25,28,30,32,34-52H2,1-3H3,(H,58,61)/b20-17+,26-23+,29-27+,33-31+. The number of allylic oxidation sites excluding steroid dienone is 8. The molecule has 368 valence electrons. The number of aliphatic hydroxyl groups excluding tert-OH is 2. The van der Waals surface area contributed by atoms with Crippen LogP contribution in [0.1, 0.15) is 278 Å². The summed E-state index contributed by atoms with van der Waals surface area (Å²) in [4.78, 5) is 26.2. The third-order valence-corrected chi connectivity index (χ3v) is 12.4. The second-order valence-corrected chi connectivity index (χ2v) is 18.7. The van der Waals surface area contributed by atoms with E-state index in [4.69, 9.17) is 4.74 Å². The van der Waals surface area contributed by atoms with E-state index in [0.717, 1.165) is 77.0 Å². The molecule has 63 heavy (non-hydrogen) atoms. The highest BCUT2D eigenvalue weighted by atomic mass is 16.5. The molecule has 1 amide bonds. The van der Waals surface area contributed by atoms with E-state index in [0.29, 0.717) is 19.3 Å². The Morgan fingerprint density at radius 1 is 0.460 bits per heavy atom. The van der Waals surface area contributed by atoms with Crippen LogP contribution in [0.3, 0.4) is 0 Å². The van der Waals surface area contributed by atoms with Gasteiger partial charge < -0.3 is 20.3 Å². The Morgan fingerprint density at radius 2 is 0.794 bits per heavy atom. The average molecular weight is 884 g/mol. The van der Waals surface area contributed by atoms with Crippen LogP contribution in [-0.4, -0.2) is 46.9 Å². The molecule has 3 atom stereocenters. The van der Waals surface area contributed by atoms with Gasteiger partial charge in [0, 0.05) is 6.42 Å². The zero-order valence-corrected chi connectivity index (χ0v) is 42.0. The van der Waals surface area contributed by atoms with Gasteiger partial charge in [-0.05, 0) is 77.0 Å². The fraction of sp³-hybridized carbons (Fsp3) is 0.825. The number of ether oxygens (including phenoxy) is 1. The molecule has 0 spiro atoms. The maximum Gasteiger partial charge on any atom is 0.306 e. The minimum atomic E-state index is -0.797. The van der Waals surface area contributed by atoms with Gasteiger partial charge in [0.2, 0.25) is 5.91 Å². The van der Waals surface area contributed by atoms with Crippen molar-refractivity contribution in [2.24, 2.45) is 0 Å². The van der Waals surface area contributed by atoms with Crippen LogP contribution in [-0.2, 0) is 14.3 Å². The molecule has 0 bridgehead atoms. The van der Waals surface area contributed by atoms with Gasteiger partial charge >= 0.3 is 5.97 Å². The van der Waals surface area contributed by atoms with Gasteiger partial charge in [-0.25, -0.2) is 0 Å². The van der Waals surface area contributed by atoms with Crippen LogP contribution in [0.2, 0.25) is 0 Å². The van der Waals surface area contributed by atoms with Crippen LogP contribution in [0.4, 0.5) is 0 Å². The molecule has 0 aromatic heterocycles. The maximum absolute atomic E-state index is 13.2. The molecule has 3 unspecified atom stereocenters. The molecule has 0 aromatic carbocycles.